The highest BCUT2D eigenvalue weighted by molar-refractivity contribution is 7.56. The molecule has 0 amide bonds. The number of hydrogen-bond acceptors (Lipinski definition) is 4. The maximum Gasteiger partial charge on any atom is 0.188 e. The van der Waals surface area contributed by atoms with Gasteiger partial charge in [-0.15, -0.1) is 0 Å². The zero-order valence-corrected chi connectivity index (χ0v) is 14.1. The van der Waals surface area contributed by atoms with Crippen LogP contribution in [0.4, 0.5) is 0 Å². The van der Waals surface area contributed by atoms with Crippen molar-refractivity contribution in [3.63, 3.8) is 0 Å². The smallest absolute Gasteiger partial charge is 0.188 e. The molecule has 2 aromatic rings. The van der Waals surface area contributed by atoms with Gasteiger partial charge in [0.2, 0.25) is 0 Å². The largest absolute Gasteiger partial charge is 0.493 e. The van der Waals surface area contributed by atoms with Crippen molar-refractivity contribution in [3.05, 3.63) is 47.5 Å². The van der Waals surface area contributed by atoms with Crippen LogP contribution in [0.1, 0.15) is 11.1 Å². The van der Waals surface area contributed by atoms with Crippen LogP contribution in [0, 0.1) is 6.92 Å². The Morgan fingerprint density at radius 2 is 1.86 bits per heavy atom. The molecule has 0 spiro atoms. The lowest BCUT2D eigenvalue weighted by molar-refractivity contribution is 0.0500. The Kier molecular flexibility index (Phi) is 6.20. The maximum absolute atomic E-state index is 9.56. The first-order chi connectivity index (χ1) is 10.7. The molecule has 5 heteroatoms. The fourth-order valence-corrected chi connectivity index (χ4v) is 3.58. The lowest BCUT2D eigenvalue weighted by Gasteiger charge is -2.16. The molecule has 0 bridgehead atoms. The van der Waals surface area contributed by atoms with E-state index in [9.17, 15) is 5.11 Å². The molecule has 0 saturated carbocycles. The van der Waals surface area contributed by atoms with Crippen molar-refractivity contribution in [2.45, 2.75) is 13.5 Å². The summed E-state index contributed by atoms with van der Waals surface area (Å²) in [7, 11) is 3.58. The second-order valence-corrected chi connectivity index (χ2v) is 6.07. The molecule has 1 N–H and O–H groups in total. The summed E-state index contributed by atoms with van der Waals surface area (Å²) in [6.45, 7) is 2.25. The fraction of sp³-hybridized carbons (Fsp3) is 0.294. The Morgan fingerprint density at radius 3 is 2.55 bits per heavy atom. The third-order valence-corrected chi connectivity index (χ3v) is 4.94. The van der Waals surface area contributed by atoms with E-state index in [2.05, 4.69) is 13.0 Å². The number of aryl methyl sites for hydroxylation is 1. The van der Waals surface area contributed by atoms with Crippen LogP contribution in [-0.2, 0) is 11.3 Å². The van der Waals surface area contributed by atoms with Gasteiger partial charge < -0.3 is 19.3 Å². The SMILES string of the molecule is COCOc1c(OC)cccc1Pc1c(C)cccc1CO. The number of hydrogen-bond donors (Lipinski definition) is 1. The molecular weight excluding hydrogens is 299 g/mol. The molecular formula is C17H21O4P. The molecule has 0 aliphatic carbocycles. The quantitative estimate of drug-likeness (QED) is 0.627. The van der Waals surface area contributed by atoms with Crippen LogP contribution in [0.3, 0.4) is 0 Å². The summed E-state index contributed by atoms with van der Waals surface area (Å²) >= 11 is 0. The molecule has 0 saturated heterocycles. The Morgan fingerprint density at radius 1 is 1.09 bits per heavy atom. The molecule has 1 atom stereocenters. The molecule has 4 nitrogen and oxygen atoms in total. The summed E-state index contributed by atoms with van der Waals surface area (Å²) in [5.74, 6) is 1.37. The zero-order valence-electron chi connectivity index (χ0n) is 13.1. The number of ether oxygens (including phenoxy) is 3. The lowest BCUT2D eigenvalue weighted by atomic mass is 10.1. The van der Waals surface area contributed by atoms with Crippen molar-refractivity contribution >= 4 is 19.2 Å². The topological polar surface area (TPSA) is 47.9 Å². The number of aliphatic hydroxyl groups excluding tert-OH is 1. The van der Waals surface area contributed by atoms with Gasteiger partial charge in [-0.1, -0.05) is 38.9 Å². The number of rotatable bonds is 7. The van der Waals surface area contributed by atoms with E-state index in [0.29, 0.717) is 20.1 Å². The van der Waals surface area contributed by atoms with E-state index >= 15 is 0 Å². The number of benzene rings is 2. The van der Waals surface area contributed by atoms with E-state index in [0.717, 1.165) is 21.7 Å². The summed E-state index contributed by atoms with van der Waals surface area (Å²) in [5.41, 5.74) is 2.10. The van der Waals surface area contributed by atoms with Crippen LogP contribution >= 0.6 is 8.58 Å². The van der Waals surface area contributed by atoms with Crippen LogP contribution < -0.4 is 20.1 Å². The molecule has 1 unspecified atom stereocenters. The van der Waals surface area contributed by atoms with Gasteiger partial charge in [-0.3, -0.25) is 0 Å². The van der Waals surface area contributed by atoms with Crippen molar-refractivity contribution in [1.29, 1.82) is 0 Å². The van der Waals surface area contributed by atoms with Gasteiger partial charge in [-0.2, -0.15) is 0 Å². The minimum Gasteiger partial charge on any atom is -0.493 e. The van der Waals surface area contributed by atoms with Gasteiger partial charge in [0.25, 0.3) is 0 Å². The third-order valence-electron chi connectivity index (χ3n) is 3.31. The second kappa shape index (κ2) is 8.14. The Labute approximate surface area is 132 Å². The molecule has 22 heavy (non-hydrogen) atoms. The van der Waals surface area contributed by atoms with Crippen molar-refractivity contribution < 1.29 is 19.3 Å². The Hall–Kier alpha value is -1.61. The van der Waals surface area contributed by atoms with Crippen molar-refractivity contribution in [2.75, 3.05) is 21.0 Å². The molecule has 0 aromatic heterocycles. The monoisotopic (exact) mass is 320 g/mol. The molecule has 118 valence electrons. The third kappa shape index (κ3) is 3.77. The summed E-state index contributed by atoms with van der Waals surface area (Å²) < 4.78 is 16.1. The standard InChI is InChI=1S/C17H21O4P/c1-12-6-4-7-13(10-18)17(12)22-15-9-5-8-14(20-3)16(15)21-11-19-2/h4-9,18,22H,10-11H2,1-3H3. The van der Waals surface area contributed by atoms with Crippen LogP contribution in [0.15, 0.2) is 36.4 Å². The number of para-hydroxylation sites is 1. The first kappa shape index (κ1) is 16.8. The van der Waals surface area contributed by atoms with E-state index in [1.807, 2.05) is 30.3 Å². The molecule has 0 heterocycles. The Bertz CT molecular complexity index is 628. The van der Waals surface area contributed by atoms with E-state index in [-0.39, 0.29) is 13.4 Å². The normalized spacial score (nSPS) is 11.1. The van der Waals surface area contributed by atoms with E-state index in [4.69, 9.17) is 14.2 Å². The van der Waals surface area contributed by atoms with Gasteiger partial charge in [0.1, 0.15) is 0 Å². The average molecular weight is 320 g/mol. The van der Waals surface area contributed by atoms with Crippen molar-refractivity contribution in [2.24, 2.45) is 0 Å². The summed E-state index contributed by atoms with van der Waals surface area (Å²) in [6.07, 6.45) is 0. The first-order valence-electron chi connectivity index (χ1n) is 6.96. The van der Waals surface area contributed by atoms with Gasteiger partial charge >= 0.3 is 0 Å². The summed E-state index contributed by atoms with van der Waals surface area (Å²) in [5, 5.41) is 11.7. The highest BCUT2D eigenvalue weighted by Crippen LogP contribution is 2.30. The van der Waals surface area contributed by atoms with E-state index < -0.39 is 0 Å². The first-order valence-corrected chi connectivity index (χ1v) is 7.96. The van der Waals surface area contributed by atoms with Gasteiger partial charge in [-0.25, -0.2) is 0 Å². The van der Waals surface area contributed by atoms with Crippen LogP contribution in [0.25, 0.3) is 0 Å². The van der Waals surface area contributed by atoms with Crippen LogP contribution in [-0.4, -0.2) is 26.1 Å². The van der Waals surface area contributed by atoms with E-state index in [1.54, 1.807) is 14.2 Å². The molecule has 0 aliphatic heterocycles. The van der Waals surface area contributed by atoms with Crippen LogP contribution in [0.2, 0.25) is 0 Å². The fourth-order valence-electron chi connectivity index (χ4n) is 2.22. The summed E-state index contributed by atoms with van der Waals surface area (Å²) in [6, 6.07) is 11.8. The van der Waals surface area contributed by atoms with Gasteiger partial charge in [-0.05, 0) is 29.4 Å². The van der Waals surface area contributed by atoms with Gasteiger partial charge in [0, 0.05) is 12.4 Å². The molecule has 0 radical (unpaired) electrons. The minimum atomic E-state index is 0.0300. The average Bonchev–Trinajstić information content (AvgIpc) is 2.55. The van der Waals surface area contributed by atoms with E-state index in [1.165, 1.54) is 0 Å². The van der Waals surface area contributed by atoms with Gasteiger partial charge in [0.15, 0.2) is 18.3 Å². The predicted octanol–water partition coefficient (Wildman–Crippen LogP) is 2.11. The molecule has 0 fully saturated rings. The molecule has 0 aliphatic rings. The lowest BCUT2D eigenvalue weighted by Crippen LogP contribution is -2.15. The number of aliphatic hydroxyl groups is 1. The predicted molar refractivity (Wildman–Crippen MR) is 90.2 cm³/mol. The highest BCUT2D eigenvalue weighted by Gasteiger charge is 2.14. The maximum atomic E-state index is 9.56. The highest BCUT2D eigenvalue weighted by atomic mass is 31.1. The van der Waals surface area contributed by atoms with Crippen molar-refractivity contribution in [3.8, 4) is 11.5 Å². The van der Waals surface area contributed by atoms with Gasteiger partial charge in [0.05, 0.1) is 13.7 Å². The molecule has 2 aromatic carbocycles. The number of methoxy groups -OCH3 is 2. The van der Waals surface area contributed by atoms with Crippen molar-refractivity contribution in [1.82, 2.24) is 0 Å². The minimum absolute atomic E-state index is 0.0300. The summed E-state index contributed by atoms with van der Waals surface area (Å²) in [4.78, 5) is 0. The molecule has 2 rings (SSSR count). The Balaban J connectivity index is 2.41. The zero-order chi connectivity index (χ0) is 15.9. The van der Waals surface area contributed by atoms with Crippen LogP contribution in [0.5, 0.6) is 11.5 Å². The second-order valence-electron chi connectivity index (χ2n) is 4.78.